The number of benzene rings is 6. The molecule has 1 aliphatic carbocycles. The number of aryl methyl sites for hydroxylation is 2. The third-order valence-electron chi connectivity index (χ3n) is 11.0. The number of aromatic nitrogens is 2. The number of nitrogens with zero attached hydrogens (tertiary/aromatic N) is 3. The molecule has 262 valence electrons. The lowest BCUT2D eigenvalue weighted by atomic mass is 9.67. The molecule has 3 aromatic heterocycles. The molecule has 4 heterocycles. The number of fused-ring (bicyclic) bond motifs is 9. The highest BCUT2D eigenvalue weighted by atomic mass is 16.6. The summed E-state index contributed by atoms with van der Waals surface area (Å²) < 4.78 is 20.0. The molecule has 11 rings (SSSR count). The maximum absolute atomic E-state index is 6.85. The summed E-state index contributed by atoms with van der Waals surface area (Å²) in [6, 6.07) is 48.9. The van der Waals surface area contributed by atoms with Crippen LogP contribution in [0.4, 0.5) is 17.1 Å². The summed E-state index contributed by atoms with van der Waals surface area (Å²) in [7, 11) is 0. The molecule has 0 amide bonds. The molecule has 55 heavy (non-hydrogen) atoms. The molecule has 9 aromatic rings. The predicted molar refractivity (Wildman–Crippen MR) is 217 cm³/mol. The Hall–Kier alpha value is -7.18. The fourth-order valence-corrected chi connectivity index (χ4v) is 8.73. The van der Waals surface area contributed by atoms with Crippen molar-refractivity contribution in [1.29, 1.82) is 0 Å². The fraction of sp³-hybridized carbons (Fsp3) is 0.0612. The van der Waals surface area contributed by atoms with E-state index in [4.69, 9.17) is 13.9 Å². The van der Waals surface area contributed by atoms with Crippen molar-refractivity contribution >= 4 is 39.0 Å². The molecule has 0 bridgehead atoms. The summed E-state index contributed by atoms with van der Waals surface area (Å²) in [5.74, 6) is 2.85. The zero-order chi connectivity index (χ0) is 36.7. The van der Waals surface area contributed by atoms with Crippen LogP contribution in [0.5, 0.6) is 23.0 Å². The van der Waals surface area contributed by atoms with E-state index >= 15 is 0 Å². The lowest BCUT2D eigenvalue weighted by molar-refractivity contribution is 0.360. The van der Waals surface area contributed by atoms with Crippen LogP contribution in [0.25, 0.3) is 33.1 Å². The first kappa shape index (κ1) is 31.4. The third kappa shape index (κ3) is 4.68. The molecule has 1 atom stereocenters. The first-order chi connectivity index (χ1) is 27.1. The van der Waals surface area contributed by atoms with Gasteiger partial charge in [0.05, 0.1) is 29.2 Å². The number of anilines is 3. The zero-order valence-electron chi connectivity index (χ0n) is 30.2. The van der Waals surface area contributed by atoms with Crippen molar-refractivity contribution in [2.45, 2.75) is 19.3 Å². The van der Waals surface area contributed by atoms with E-state index in [1.165, 1.54) is 5.56 Å². The van der Waals surface area contributed by atoms with Gasteiger partial charge >= 0.3 is 0 Å². The van der Waals surface area contributed by atoms with Gasteiger partial charge < -0.3 is 18.8 Å². The van der Waals surface area contributed by atoms with Gasteiger partial charge in [0.2, 0.25) is 0 Å². The molecular formula is C49H33N3O3. The van der Waals surface area contributed by atoms with Crippen LogP contribution in [-0.4, -0.2) is 9.97 Å². The number of rotatable bonds is 5. The van der Waals surface area contributed by atoms with Gasteiger partial charge in [0.25, 0.3) is 0 Å². The molecule has 0 fully saturated rings. The number of para-hydroxylation sites is 2. The van der Waals surface area contributed by atoms with E-state index in [0.29, 0.717) is 17.2 Å². The second-order valence-electron chi connectivity index (χ2n) is 14.4. The standard InChI is InChI=1S/C49H33N3O3/c1-30-22-35(28-50-26-30)52(36-23-31(2)27-51-29-36)34-17-19-38-37-18-16-33(24-45(37)54-46(38)25-34)49(32-10-4-3-5-11-32)40-13-7-6-12-39(40)47-41(49)20-21-44-48(47)55-43-15-9-8-14-42(43)53-44/h3-29H,1-2H3. The number of ether oxygens (including phenoxy) is 2. The Morgan fingerprint density at radius 1 is 0.491 bits per heavy atom. The molecule has 0 radical (unpaired) electrons. The van der Waals surface area contributed by atoms with E-state index in [1.807, 2.05) is 55.1 Å². The van der Waals surface area contributed by atoms with Crippen LogP contribution in [-0.2, 0) is 5.41 Å². The highest BCUT2D eigenvalue weighted by molar-refractivity contribution is 6.07. The van der Waals surface area contributed by atoms with Gasteiger partial charge in [-0.25, -0.2) is 0 Å². The highest BCUT2D eigenvalue weighted by Crippen LogP contribution is 2.62. The lowest BCUT2D eigenvalue weighted by Gasteiger charge is -2.34. The Kier molecular flexibility index (Phi) is 6.79. The van der Waals surface area contributed by atoms with Gasteiger partial charge in [0.15, 0.2) is 23.0 Å². The normalized spacial score (nSPS) is 15.1. The average Bonchev–Trinajstić information content (AvgIpc) is 3.74. The van der Waals surface area contributed by atoms with Crippen LogP contribution < -0.4 is 14.4 Å². The van der Waals surface area contributed by atoms with Crippen molar-refractivity contribution in [3.63, 3.8) is 0 Å². The zero-order valence-corrected chi connectivity index (χ0v) is 30.2. The van der Waals surface area contributed by atoms with E-state index in [0.717, 1.165) is 83.7 Å². The molecule has 6 heteroatoms. The number of hydrogen-bond acceptors (Lipinski definition) is 6. The molecule has 6 aromatic carbocycles. The van der Waals surface area contributed by atoms with Crippen molar-refractivity contribution in [1.82, 2.24) is 9.97 Å². The lowest BCUT2D eigenvalue weighted by Crippen LogP contribution is -2.28. The molecule has 6 nitrogen and oxygen atoms in total. The van der Waals surface area contributed by atoms with Gasteiger partial charge in [-0.15, -0.1) is 0 Å². The Bertz CT molecular complexity index is 2940. The molecule has 0 saturated carbocycles. The Labute approximate surface area is 317 Å². The molecule has 2 aliphatic rings. The first-order valence-electron chi connectivity index (χ1n) is 18.4. The Balaban J connectivity index is 1.12. The molecule has 1 aliphatic heterocycles. The summed E-state index contributed by atoms with van der Waals surface area (Å²) in [6.07, 6.45) is 7.51. The Morgan fingerprint density at radius 3 is 1.89 bits per heavy atom. The van der Waals surface area contributed by atoms with Crippen LogP contribution in [0, 0.1) is 13.8 Å². The smallest absolute Gasteiger partial charge is 0.178 e. The number of pyridine rings is 2. The van der Waals surface area contributed by atoms with Gasteiger partial charge in [-0.05, 0) is 101 Å². The van der Waals surface area contributed by atoms with E-state index < -0.39 is 5.41 Å². The maximum atomic E-state index is 6.85. The second-order valence-corrected chi connectivity index (χ2v) is 14.4. The highest BCUT2D eigenvalue weighted by Gasteiger charge is 2.48. The van der Waals surface area contributed by atoms with Crippen LogP contribution in [0.3, 0.4) is 0 Å². The minimum atomic E-state index is -0.659. The van der Waals surface area contributed by atoms with Gasteiger partial charge in [0.1, 0.15) is 11.2 Å². The summed E-state index contributed by atoms with van der Waals surface area (Å²) in [5, 5.41) is 2.11. The van der Waals surface area contributed by atoms with Crippen molar-refractivity contribution < 1.29 is 13.9 Å². The van der Waals surface area contributed by atoms with E-state index in [2.05, 4.69) is 138 Å². The number of furan rings is 1. The van der Waals surface area contributed by atoms with E-state index in [9.17, 15) is 0 Å². The number of hydrogen-bond donors (Lipinski definition) is 0. The maximum Gasteiger partial charge on any atom is 0.178 e. The predicted octanol–water partition coefficient (Wildman–Crippen LogP) is 12.7. The summed E-state index contributed by atoms with van der Waals surface area (Å²) >= 11 is 0. The second kappa shape index (κ2) is 11.9. The third-order valence-corrected chi connectivity index (χ3v) is 11.0. The monoisotopic (exact) mass is 711 g/mol. The topological polar surface area (TPSA) is 60.6 Å². The minimum Gasteiger partial charge on any atom is -0.456 e. The van der Waals surface area contributed by atoms with Crippen LogP contribution in [0.1, 0.15) is 33.4 Å². The van der Waals surface area contributed by atoms with Crippen LogP contribution in [0.15, 0.2) is 169 Å². The fourth-order valence-electron chi connectivity index (χ4n) is 8.73. The molecule has 1 unspecified atom stereocenters. The van der Waals surface area contributed by atoms with Gasteiger partial charge in [-0.2, -0.15) is 0 Å². The van der Waals surface area contributed by atoms with Crippen molar-refractivity contribution in [2.75, 3.05) is 4.90 Å². The first-order valence-corrected chi connectivity index (χ1v) is 18.4. The quantitative estimate of drug-likeness (QED) is 0.177. The Morgan fingerprint density at radius 2 is 1.15 bits per heavy atom. The van der Waals surface area contributed by atoms with Gasteiger partial charge in [-0.1, -0.05) is 84.9 Å². The van der Waals surface area contributed by atoms with Gasteiger partial charge in [0, 0.05) is 40.5 Å². The van der Waals surface area contributed by atoms with Crippen molar-refractivity contribution in [2.24, 2.45) is 0 Å². The van der Waals surface area contributed by atoms with Gasteiger partial charge in [-0.3, -0.25) is 9.97 Å². The largest absolute Gasteiger partial charge is 0.456 e. The SMILES string of the molecule is Cc1cncc(N(c2cncc(C)c2)c2ccc3c(c2)oc2cc(C4(c5ccccc5)c5ccccc5-c5c4ccc4c5Oc5ccccc5O4)ccc23)c1. The summed E-state index contributed by atoms with van der Waals surface area (Å²) in [6.45, 7) is 4.11. The molecule has 0 saturated heterocycles. The average molecular weight is 712 g/mol. The molecule has 0 N–H and O–H groups in total. The van der Waals surface area contributed by atoms with E-state index in [1.54, 1.807) is 0 Å². The summed E-state index contributed by atoms with van der Waals surface area (Å²) in [4.78, 5) is 11.2. The molecular weight excluding hydrogens is 679 g/mol. The molecule has 0 spiro atoms. The van der Waals surface area contributed by atoms with Crippen molar-refractivity contribution in [3.8, 4) is 34.1 Å². The minimum absolute atomic E-state index is 0.659. The van der Waals surface area contributed by atoms with Crippen LogP contribution >= 0.6 is 0 Å². The summed E-state index contributed by atoms with van der Waals surface area (Å²) in [5.41, 5.74) is 12.7. The van der Waals surface area contributed by atoms with Crippen molar-refractivity contribution in [3.05, 3.63) is 198 Å². The van der Waals surface area contributed by atoms with Crippen LogP contribution in [0.2, 0.25) is 0 Å². The van der Waals surface area contributed by atoms with E-state index in [-0.39, 0.29) is 0 Å².